The number of aryl methyl sites for hydroxylation is 2. The minimum absolute atomic E-state index is 0.0342. The Bertz CT molecular complexity index is 1460. The summed E-state index contributed by atoms with van der Waals surface area (Å²) < 4.78 is 57.3. The Morgan fingerprint density at radius 2 is 1.83 bits per heavy atom. The van der Waals surface area contributed by atoms with Gasteiger partial charge in [0, 0.05) is 24.3 Å². The summed E-state index contributed by atoms with van der Waals surface area (Å²) in [6.07, 6.45) is -3.55. The molecule has 0 radical (unpaired) electrons. The van der Waals surface area contributed by atoms with E-state index in [0.717, 1.165) is 17.8 Å². The van der Waals surface area contributed by atoms with Crippen LogP contribution in [0, 0.1) is 19.7 Å². The highest BCUT2D eigenvalue weighted by Crippen LogP contribution is 2.26. The van der Waals surface area contributed by atoms with Crippen molar-refractivity contribution >= 4 is 22.6 Å². The summed E-state index contributed by atoms with van der Waals surface area (Å²) >= 11 is 0. The van der Waals surface area contributed by atoms with Gasteiger partial charge in [0.1, 0.15) is 11.6 Å². The molecule has 0 aliphatic carbocycles. The van der Waals surface area contributed by atoms with E-state index in [9.17, 15) is 27.2 Å². The summed E-state index contributed by atoms with van der Waals surface area (Å²) in [6.45, 7) is 3.62. The molecular weight excluding hydrogens is 468 g/mol. The van der Waals surface area contributed by atoms with Crippen molar-refractivity contribution in [3.05, 3.63) is 82.3 Å². The lowest BCUT2D eigenvalue weighted by Gasteiger charge is -2.10. The number of halogens is 4. The van der Waals surface area contributed by atoms with E-state index in [0.29, 0.717) is 22.3 Å². The fourth-order valence-electron chi connectivity index (χ4n) is 3.76. The average molecular weight is 488 g/mol. The Balaban J connectivity index is 1.50. The number of rotatable bonds is 6. The summed E-state index contributed by atoms with van der Waals surface area (Å²) in [6, 6.07) is 10.7. The highest BCUT2D eigenvalue weighted by atomic mass is 19.4. The van der Waals surface area contributed by atoms with Gasteiger partial charge in [0.25, 0.3) is 5.56 Å². The van der Waals surface area contributed by atoms with Gasteiger partial charge in [0.2, 0.25) is 5.91 Å². The monoisotopic (exact) mass is 488 g/mol. The molecule has 4 aromatic rings. The predicted molar refractivity (Wildman–Crippen MR) is 121 cm³/mol. The first kappa shape index (κ1) is 24.0. The Morgan fingerprint density at radius 3 is 2.49 bits per heavy atom. The van der Waals surface area contributed by atoms with Crippen LogP contribution in [0.1, 0.15) is 17.7 Å². The van der Waals surface area contributed by atoms with E-state index in [1.807, 2.05) is 6.92 Å². The molecule has 0 fully saturated rings. The molecule has 0 bridgehead atoms. The van der Waals surface area contributed by atoms with Crippen molar-refractivity contribution in [2.24, 2.45) is 0 Å². The van der Waals surface area contributed by atoms with Gasteiger partial charge in [-0.15, -0.1) is 13.2 Å². The number of hydrogen-bond donors (Lipinski definition) is 1. The second kappa shape index (κ2) is 9.24. The first-order valence-electron chi connectivity index (χ1n) is 10.5. The van der Waals surface area contributed by atoms with Gasteiger partial charge in [-0.2, -0.15) is 0 Å². The molecule has 4 rings (SSSR count). The lowest BCUT2D eigenvalue weighted by Crippen LogP contribution is -2.24. The van der Waals surface area contributed by atoms with Crippen LogP contribution in [0.5, 0.6) is 5.75 Å². The fraction of sp³-hybridized carbons (Fsp3) is 0.208. The van der Waals surface area contributed by atoms with E-state index in [1.165, 1.54) is 35.2 Å². The zero-order valence-corrected chi connectivity index (χ0v) is 18.7. The highest BCUT2D eigenvalue weighted by molar-refractivity contribution is 5.90. The molecular formula is C24H20F4N4O3. The summed E-state index contributed by atoms with van der Waals surface area (Å²) in [7, 11) is 0. The lowest BCUT2D eigenvalue weighted by atomic mass is 10.2. The fourth-order valence-corrected chi connectivity index (χ4v) is 3.76. The molecule has 11 heteroatoms. The van der Waals surface area contributed by atoms with Crippen molar-refractivity contribution < 1.29 is 27.1 Å². The third-order valence-corrected chi connectivity index (χ3v) is 5.50. The van der Waals surface area contributed by atoms with Crippen molar-refractivity contribution in [1.82, 2.24) is 14.1 Å². The third kappa shape index (κ3) is 5.18. The first-order chi connectivity index (χ1) is 16.5. The third-order valence-electron chi connectivity index (χ3n) is 5.50. The van der Waals surface area contributed by atoms with E-state index in [2.05, 4.69) is 15.0 Å². The maximum atomic E-state index is 13.8. The van der Waals surface area contributed by atoms with E-state index < -0.39 is 23.8 Å². The minimum atomic E-state index is -4.80. The number of hydrogen-bond acceptors (Lipinski definition) is 4. The zero-order valence-electron chi connectivity index (χ0n) is 18.7. The average Bonchev–Trinajstić information content (AvgIpc) is 3.04. The van der Waals surface area contributed by atoms with Crippen LogP contribution in [0.2, 0.25) is 0 Å². The SMILES string of the molecule is Cc1c(C)n(-c2cccc(F)c2)c2ncn(CCC(=O)Nc3ccc(OC(F)(F)F)cc3)c(=O)c12. The summed E-state index contributed by atoms with van der Waals surface area (Å²) in [5, 5.41) is 2.93. The molecule has 7 nitrogen and oxygen atoms in total. The smallest absolute Gasteiger partial charge is 0.406 e. The number of nitrogens with one attached hydrogen (secondary N) is 1. The molecule has 2 heterocycles. The Hall–Kier alpha value is -4.15. The number of carbonyl (C=O) groups is 1. The molecule has 0 spiro atoms. The number of alkyl halides is 3. The van der Waals surface area contributed by atoms with Gasteiger partial charge in [0.15, 0.2) is 5.65 Å². The largest absolute Gasteiger partial charge is 0.573 e. The molecule has 0 saturated heterocycles. The molecule has 2 aromatic carbocycles. The van der Waals surface area contributed by atoms with Gasteiger partial charge in [0.05, 0.1) is 17.4 Å². The Labute approximate surface area is 196 Å². The number of anilines is 1. The van der Waals surface area contributed by atoms with E-state index in [-0.39, 0.29) is 24.2 Å². The topological polar surface area (TPSA) is 78.2 Å². The van der Waals surface area contributed by atoms with Gasteiger partial charge >= 0.3 is 6.36 Å². The zero-order chi connectivity index (χ0) is 25.3. The predicted octanol–water partition coefficient (Wildman–Crippen LogP) is 4.87. The van der Waals surface area contributed by atoms with Crippen LogP contribution in [0.15, 0.2) is 59.7 Å². The van der Waals surface area contributed by atoms with Gasteiger partial charge in [-0.05, 0) is 61.9 Å². The number of carbonyl (C=O) groups excluding carboxylic acids is 1. The van der Waals surface area contributed by atoms with Crippen molar-refractivity contribution in [3.63, 3.8) is 0 Å². The number of aromatic nitrogens is 3. The van der Waals surface area contributed by atoms with Crippen LogP contribution in [0.4, 0.5) is 23.2 Å². The molecule has 0 atom stereocenters. The summed E-state index contributed by atoms with van der Waals surface area (Å²) in [4.78, 5) is 29.8. The van der Waals surface area contributed by atoms with Gasteiger partial charge in [-0.3, -0.25) is 18.7 Å². The Morgan fingerprint density at radius 1 is 1.11 bits per heavy atom. The van der Waals surface area contributed by atoms with Crippen LogP contribution < -0.4 is 15.6 Å². The van der Waals surface area contributed by atoms with Crippen molar-refractivity contribution in [1.29, 1.82) is 0 Å². The van der Waals surface area contributed by atoms with Crippen molar-refractivity contribution in [3.8, 4) is 11.4 Å². The number of benzene rings is 2. The molecule has 0 aliphatic heterocycles. The maximum Gasteiger partial charge on any atom is 0.573 e. The first-order valence-corrected chi connectivity index (χ1v) is 10.5. The summed E-state index contributed by atoms with van der Waals surface area (Å²) in [5.74, 6) is -1.26. The van der Waals surface area contributed by atoms with E-state index in [4.69, 9.17) is 0 Å². The second-order valence-corrected chi connectivity index (χ2v) is 7.84. The van der Waals surface area contributed by atoms with Crippen LogP contribution in [-0.4, -0.2) is 26.4 Å². The Kier molecular flexibility index (Phi) is 6.33. The van der Waals surface area contributed by atoms with Crippen LogP contribution in [0.25, 0.3) is 16.7 Å². The van der Waals surface area contributed by atoms with Crippen molar-refractivity contribution in [2.45, 2.75) is 33.2 Å². The molecule has 182 valence electrons. The molecule has 0 unspecified atom stereocenters. The normalized spacial score (nSPS) is 11.6. The van der Waals surface area contributed by atoms with Gasteiger partial charge in [-0.1, -0.05) is 6.07 Å². The van der Waals surface area contributed by atoms with E-state index in [1.54, 1.807) is 23.6 Å². The molecule has 1 N–H and O–H groups in total. The molecule has 0 aliphatic rings. The van der Waals surface area contributed by atoms with Crippen molar-refractivity contribution in [2.75, 3.05) is 5.32 Å². The second-order valence-electron chi connectivity index (χ2n) is 7.84. The minimum Gasteiger partial charge on any atom is -0.406 e. The van der Waals surface area contributed by atoms with E-state index >= 15 is 0 Å². The number of nitrogens with zero attached hydrogens (tertiary/aromatic N) is 3. The standard InChI is InChI=1S/C24H20F4N4O3/c1-14-15(2)32(18-5-3-4-16(25)12-18)22-21(14)23(34)31(13-29-22)11-10-20(33)30-17-6-8-19(9-7-17)35-24(26,27)28/h3-9,12-13H,10-11H2,1-2H3,(H,30,33). The molecule has 0 saturated carbocycles. The molecule has 1 amide bonds. The maximum absolute atomic E-state index is 13.8. The lowest BCUT2D eigenvalue weighted by molar-refractivity contribution is -0.274. The van der Waals surface area contributed by atoms with Crippen LogP contribution >= 0.6 is 0 Å². The van der Waals surface area contributed by atoms with Crippen LogP contribution in [-0.2, 0) is 11.3 Å². The number of amides is 1. The van der Waals surface area contributed by atoms with Crippen LogP contribution in [0.3, 0.4) is 0 Å². The quantitative estimate of drug-likeness (QED) is 0.393. The summed E-state index contributed by atoms with van der Waals surface area (Å²) in [5.41, 5.74) is 2.30. The van der Waals surface area contributed by atoms with Gasteiger partial charge in [-0.25, -0.2) is 9.37 Å². The molecule has 2 aromatic heterocycles. The molecule has 35 heavy (non-hydrogen) atoms. The number of ether oxygens (including phenoxy) is 1. The number of fused-ring (bicyclic) bond motifs is 1. The van der Waals surface area contributed by atoms with Gasteiger partial charge < -0.3 is 10.1 Å². The highest BCUT2D eigenvalue weighted by Gasteiger charge is 2.31.